The molecule has 5 nitrogen and oxygen atoms in total. The standard InChI is InChI=1S/C15H18N2O3/c1-11(20-10-14-6-3-7-19-14)15(18)17-13-5-2-4-12(8-13)9-16/h2-8,11H,9-10,16H2,1H3,(H,17,18). The second-order valence-corrected chi connectivity index (χ2v) is 4.43. The molecule has 0 radical (unpaired) electrons. The minimum atomic E-state index is -0.568. The van der Waals surface area contributed by atoms with Gasteiger partial charge in [0.1, 0.15) is 18.5 Å². The van der Waals surface area contributed by atoms with Gasteiger partial charge in [-0.05, 0) is 36.8 Å². The number of anilines is 1. The molecule has 3 N–H and O–H groups in total. The first-order valence-electron chi connectivity index (χ1n) is 6.43. The van der Waals surface area contributed by atoms with E-state index in [4.69, 9.17) is 14.9 Å². The van der Waals surface area contributed by atoms with E-state index < -0.39 is 6.10 Å². The highest BCUT2D eigenvalue weighted by Crippen LogP contribution is 2.11. The molecule has 2 aromatic rings. The molecule has 1 atom stereocenters. The Morgan fingerprint density at radius 1 is 1.40 bits per heavy atom. The van der Waals surface area contributed by atoms with Crippen LogP contribution in [0.1, 0.15) is 18.2 Å². The average Bonchev–Trinajstić information content (AvgIpc) is 2.98. The first-order valence-corrected chi connectivity index (χ1v) is 6.43. The van der Waals surface area contributed by atoms with Gasteiger partial charge in [0.15, 0.2) is 0 Å². The van der Waals surface area contributed by atoms with Crippen LogP contribution in [0.3, 0.4) is 0 Å². The quantitative estimate of drug-likeness (QED) is 0.847. The van der Waals surface area contributed by atoms with Gasteiger partial charge in [-0.25, -0.2) is 0 Å². The third-order valence-electron chi connectivity index (χ3n) is 2.86. The Balaban J connectivity index is 1.86. The molecule has 2 rings (SSSR count). The van der Waals surface area contributed by atoms with Gasteiger partial charge in [-0.1, -0.05) is 12.1 Å². The van der Waals surface area contributed by atoms with Crippen LogP contribution in [0, 0.1) is 0 Å². The van der Waals surface area contributed by atoms with Crippen LogP contribution in [0.25, 0.3) is 0 Å². The molecular weight excluding hydrogens is 256 g/mol. The Hall–Kier alpha value is -2.11. The van der Waals surface area contributed by atoms with Crippen LogP contribution < -0.4 is 11.1 Å². The number of furan rings is 1. The maximum Gasteiger partial charge on any atom is 0.253 e. The van der Waals surface area contributed by atoms with Crippen molar-refractivity contribution in [2.45, 2.75) is 26.2 Å². The van der Waals surface area contributed by atoms with E-state index in [2.05, 4.69) is 5.32 Å². The van der Waals surface area contributed by atoms with Gasteiger partial charge >= 0.3 is 0 Å². The molecule has 5 heteroatoms. The van der Waals surface area contributed by atoms with E-state index in [-0.39, 0.29) is 12.5 Å². The number of benzene rings is 1. The number of amides is 1. The summed E-state index contributed by atoms with van der Waals surface area (Å²) in [6.07, 6.45) is 1.00. The molecule has 1 unspecified atom stereocenters. The summed E-state index contributed by atoms with van der Waals surface area (Å²) < 4.78 is 10.6. The second-order valence-electron chi connectivity index (χ2n) is 4.43. The fraction of sp³-hybridized carbons (Fsp3) is 0.267. The highest BCUT2D eigenvalue weighted by molar-refractivity contribution is 5.93. The van der Waals surface area contributed by atoms with Gasteiger partial charge in [0.2, 0.25) is 0 Å². The van der Waals surface area contributed by atoms with Crippen LogP contribution in [0.4, 0.5) is 5.69 Å². The number of nitrogens with two attached hydrogens (primary N) is 1. The number of ether oxygens (including phenoxy) is 1. The molecule has 0 saturated carbocycles. The number of hydrogen-bond acceptors (Lipinski definition) is 4. The van der Waals surface area contributed by atoms with Gasteiger partial charge in [0, 0.05) is 12.2 Å². The van der Waals surface area contributed by atoms with Crippen LogP contribution in [0.5, 0.6) is 0 Å². The maximum atomic E-state index is 12.0. The summed E-state index contributed by atoms with van der Waals surface area (Å²) in [4.78, 5) is 12.0. The minimum Gasteiger partial charge on any atom is -0.467 e. The molecule has 1 aromatic carbocycles. The van der Waals surface area contributed by atoms with Crippen LogP contribution in [-0.4, -0.2) is 12.0 Å². The number of carbonyl (C=O) groups is 1. The smallest absolute Gasteiger partial charge is 0.253 e. The van der Waals surface area contributed by atoms with Crippen molar-refractivity contribution >= 4 is 11.6 Å². The van der Waals surface area contributed by atoms with Crippen LogP contribution in [0.15, 0.2) is 47.1 Å². The van der Waals surface area contributed by atoms with Crippen molar-refractivity contribution in [2.24, 2.45) is 5.73 Å². The molecule has 106 valence electrons. The van der Waals surface area contributed by atoms with Crippen molar-refractivity contribution in [1.29, 1.82) is 0 Å². The second kappa shape index (κ2) is 6.88. The van der Waals surface area contributed by atoms with Crippen LogP contribution in [0.2, 0.25) is 0 Å². The topological polar surface area (TPSA) is 77.5 Å². The predicted molar refractivity (Wildman–Crippen MR) is 75.9 cm³/mol. The summed E-state index contributed by atoms with van der Waals surface area (Å²) in [5.74, 6) is 0.487. The normalized spacial score (nSPS) is 12.1. The molecule has 0 fully saturated rings. The van der Waals surface area contributed by atoms with Crippen molar-refractivity contribution in [1.82, 2.24) is 0 Å². The molecule has 1 amide bonds. The van der Waals surface area contributed by atoms with Gasteiger partial charge in [-0.3, -0.25) is 4.79 Å². The minimum absolute atomic E-state index is 0.203. The summed E-state index contributed by atoms with van der Waals surface area (Å²) in [6.45, 7) is 2.41. The molecular formula is C15H18N2O3. The van der Waals surface area contributed by atoms with Gasteiger partial charge in [-0.2, -0.15) is 0 Å². The molecule has 0 saturated heterocycles. The Morgan fingerprint density at radius 3 is 2.95 bits per heavy atom. The maximum absolute atomic E-state index is 12.0. The average molecular weight is 274 g/mol. The third-order valence-corrected chi connectivity index (χ3v) is 2.86. The van der Waals surface area contributed by atoms with Crippen molar-refractivity contribution in [3.8, 4) is 0 Å². The lowest BCUT2D eigenvalue weighted by Gasteiger charge is -2.13. The van der Waals surface area contributed by atoms with Crippen LogP contribution >= 0.6 is 0 Å². The largest absolute Gasteiger partial charge is 0.467 e. The van der Waals surface area contributed by atoms with E-state index in [0.29, 0.717) is 18.0 Å². The molecule has 20 heavy (non-hydrogen) atoms. The van der Waals surface area contributed by atoms with E-state index in [9.17, 15) is 4.79 Å². The molecule has 1 aromatic heterocycles. The van der Waals surface area contributed by atoms with E-state index >= 15 is 0 Å². The number of carbonyl (C=O) groups excluding carboxylic acids is 1. The summed E-state index contributed by atoms with van der Waals surface area (Å²) in [5.41, 5.74) is 7.24. The summed E-state index contributed by atoms with van der Waals surface area (Å²) in [6, 6.07) is 11.0. The first-order chi connectivity index (χ1) is 9.69. The van der Waals surface area contributed by atoms with Crippen LogP contribution in [-0.2, 0) is 22.7 Å². The van der Waals surface area contributed by atoms with Crippen molar-refractivity contribution in [2.75, 3.05) is 5.32 Å². The zero-order chi connectivity index (χ0) is 14.4. The highest BCUT2D eigenvalue weighted by atomic mass is 16.5. The SMILES string of the molecule is CC(OCc1ccco1)C(=O)Nc1cccc(CN)c1. The predicted octanol–water partition coefficient (Wildman–Crippen LogP) is 2.28. The molecule has 0 aliphatic rings. The number of hydrogen-bond donors (Lipinski definition) is 2. The fourth-order valence-corrected chi connectivity index (χ4v) is 1.70. The Morgan fingerprint density at radius 2 is 2.25 bits per heavy atom. The lowest BCUT2D eigenvalue weighted by molar-refractivity contribution is -0.127. The lowest BCUT2D eigenvalue weighted by atomic mass is 10.2. The molecule has 0 aliphatic heterocycles. The molecule has 0 aliphatic carbocycles. The zero-order valence-electron chi connectivity index (χ0n) is 11.3. The number of nitrogens with one attached hydrogen (secondary N) is 1. The van der Waals surface area contributed by atoms with Gasteiger partial charge in [0.25, 0.3) is 5.91 Å². The molecule has 0 bridgehead atoms. The first kappa shape index (κ1) is 14.3. The molecule has 0 spiro atoms. The van der Waals surface area contributed by atoms with Gasteiger partial charge in [0.05, 0.1) is 6.26 Å². The van der Waals surface area contributed by atoms with Gasteiger partial charge < -0.3 is 20.2 Å². The third kappa shape index (κ3) is 3.94. The Bertz CT molecular complexity index is 552. The van der Waals surface area contributed by atoms with Crippen molar-refractivity contribution in [3.63, 3.8) is 0 Å². The summed E-state index contributed by atoms with van der Waals surface area (Å²) >= 11 is 0. The Labute approximate surface area is 117 Å². The van der Waals surface area contributed by atoms with Crippen molar-refractivity contribution < 1.29 is 13.9 Å². The number of rotatable bonds is 6. The monoisotopic (exact) mass is 274 g/mol. The molecule has 1 heterocycles. The summed E-state index contributed by atoms with van der Waals surface area (Å²) in [7, 11) is 0. The van der Waals surface area contributed by atoms with E-state index in [0.717, 1.165) is 5.56 Å². The van der Waals surface area contributed by atoms with Crippen molar-refractivity contribution in [3.05, 3.63) is 54.0 Å². The van der Waals surface area contributed by atoms with E-state index in [1.54, 1.807) is 25.3 Å². The fourth-order valence-electron chi connectivity index (χ4n) is 1.70. The highest BCUT2D eigenvalue weighted by Gasteiger charge is 2.14. The van der Waals surface area contributed by atoms with E-state index in [1.807, 2.05) is 24.3 Å². The lowest BCUT2D eigenvalue weighted by Crippen LogP contribution is -2.27. The van der Waals surface area contributed by atoms with Gasteiger partial charge in [-0.15, -0.1) is 0 Å². The Kier molecular flexibility index (Phi) is 4.92. The van der Waals surface area contributed by atoms with E-state index in [1.165, 1.54) is 0 Å². The summed E-state index contributed by atoms with van der Waals surface area (Å²) in [5, 5.41) is 2.80. The zero-order valence-corrected chi connectivity index (χ0v) is 11.3.